The number of ether oxygens (including phenoxy) is 2. The van der Waals surface area contributed by atoms with Gasteiger partial charge < -0.3 is 29.8 Å². The Morgan fingerprint density at radius 3 is 2.81 bits per heavy atom. The van der Waals surface area contributed by atoms with E-state index in [9.17, 15) is 13.2 Å². The number of furan rings is 1. The van der Waals surface area contributed by atoms with Crippen LogP contribution >= 0.6 is 0 Å². The van der Waals surface area contributed by atoms with Crippen LogP contribution in [0.4, 0.5) is 11.6 Å². The summed E-state index contributed by atoms with van der Waals surface area (Å²) >= 11 is 0. The molecule has 188 valence electrons. The fraction of sp³-hybridized carbons (Fsp3) is 0.208. The second-order valence-corrected chi connectivity index (χ2v) is 9.60. The lowest BCUT2D eigenvalue weighted by atomic mass is 10.1. The molecule has 0 radical (unpaired) electrons. The standard InChI is InChI=1S/C24H25N5O6S/c1-25-23(30)20-14-34-21-13-17(6-7-19(20)21)35-22-8-9-27-24(29-22)28-16-4-3-5-18(12-16)36(31,32)15-26-10-11-33-2/h3-9,12-14,26H,10-11,15H2,1-2H3,(H,25,30)(H,27,28,29). The van der Waals surface area contributed by atoms with Gasteiger partial charge in [-0.15, -0.1) is 0 Å². The van der Waals surface area contributed by atoms with Gasteiger partial charge >= 0.3 is 0 Å². The molecule has 2 aromatic carbocycles. The molecule has 0 aliphatic heterocycles. The third-order valence-electron chi connectivity index (χ3n) is 5.10. The number of rotatable bonds is 11. The highest BCUT2D eigenvalue weighted by Crippen LogP contribution is 2.28. The van der Waals surface area contributed by atoms with Crippen LogP contribution in [0.2, 0.25) is 0 Å². The fourth-order valence-corrected chi connectivity index (χ4v) is 4.50. The van der Waals surface area contributed by atoms with Crippen molar-refractivity contribution >= 4 is 38.3 Å². The smallest absolute Gasteiger partial charge is 0.254 e. The van der Waals surface area contributed by atoms with Gasteiger partial charge in [-0.05, 0) is 30.3 Å². The summed E-state index contributed by atoms with van der Waals surface area (Å²) in [6.45, 7) is 0.843. The molecule has 2 heterocycles. The molecule has 0 bridgehead atoms. The van der Waals surface area contributed by atoms with Crippen molar-refractivity contribution in [1.29, 1.82) is 0 Å². The minimum atomic E-state index is -3.53. The van der Waals surface area contributed by atoms with E-state index in [-0.39, 0.29) is 28.5 Å². The molecule has 0 aliphatic carbocycles. The molecule has 36 heavy (non-hydrogen) atoms. The van der Waals surface area contributed by atoms with Crippen molar-refractivity contribution in [3.8, 4) is 11.6 Å². The first-order valence-electron chi connectivity index (χ1n) is 10.9. The van der Waals surface area contributed by atoms with Gasteiger partial charge in [0.1, 0.15) is 23.5 Å². The molecule has 12 heteroatoms. The summed E-state index contributed by atoms with van der Waals surface area (Å²) in [6, 6.07) is 13.1. The number of nitrogens with one attached hydrogen (secondary N) is 3. The van der Waals surface area contributed by atoms with E-state index in [0.717, 1.165) is 0 Å². The van der Waals surface area contributed by atoms with Gasteiger partial charge in [-0.2, -0.15) is 4.98 Å². The molecule has 2 aromatic heterocycles. The molecule has 0 saturated carbocycles. The van der Waals surface area contributed by atoms with E-state index in [4.69, 9.17) is 13.9 Å². The molecular formula is C24H25N5O6S. The second-order valence-electron chi connectivity index (χ2n) is 7.61. The van der Waals surface area contributed by atoms with E-state index in [1.54, 1.807) is 50.6 Å². The zero-order valence-corrected chi connectivity index (χ0v) is 20.5. The van der Waals surface area contributed by atoms with Crippen molar-refractivity contribution in [2.75, 3.05) is 38.5 Å². The highest BCUT2D eigenvalue weighted by molar-refractivity contribution is 7.91. The number of fused-ring (bicyclic) bond motifs is 1. The van der Waals surface area contributed by atoms with Gasteiger partial charge in [-0.25, -0.2) is 13.4 Å². The molecule has 4 rings (SSSR count). The van der Waals surface area contributed by atoms with E-state index in [0.29, 0.717) is 41.1 Å². The quantitative estimate of drug-likeness (QED) is 0.257. The number of methoxy groups -OCH3 is 1. The highest BCUT2D eigenvalue weighted by Gasteiger charge is 2.15. The van der Waals surface area contributed by atoms with Crippen LogP contribution in [-0.4, -0.2) is 57.5 Å². The number of aromatic nitrogens is 2. The van der Waals surface area contributed by atoms with Crippen molar-refractivity contribution in [3.63, 3.8) is 0 Å². The first-order valence-corrected chi connectivity index (χ1v) is 12.6. The number of sulfone groups is 1. The molecule has 0 saturated heterocycles. The normalized spacial score (nSPS) is 11.4. The molecule has 3 N–H and O–H groups in total. The van der Waals surface area contributed by atoms with Crippen LogP contribution in [0.25, 0.3) is 11.0 Å². The summed E-state index contributed by atoms with van der Waals surface area (Å²) in [5, 5.41) is 9.08. The van der Waals surface area contributed by atoms with E-state index in [2.05, 4.69) is 25.9 Å². The van der Waals surface area contributed by atoms with Crippen molar-refractivity contribution in [3.05, 3.63) is 66.6 Å². The summed E-state index contributed by atoms with van der Waals surface area (Å²) in [5.74, 6) is 0.494. The molecule has 1 amide bonds. The van der Waals surface area contributed by atoms with E-state index < -0.39 is 9.84 Å². The average molecular weight is 512 g/mol. The number of carbonyl (C=O) groups excluding carboxylic acids is 1. The van der Waals surface area contributed by atoms with E-state index in [1.165, 1.54) is 24.6 Å². The third-order valence-corrected chi connectivity index (χ3v) is 6.65. The average Bonchev–Trinajstić information content (AvgIpc) is 3.30. The maximum Gasteiger partial charge on any atom is 0.254 e. The minimum absolute atomic E-state index is 0.160. The Morgan fingerprint density at radius 1 is 1.14 bits per heavy atom. The maximum atomic E-state index is 12.6. The Labute approximate surface area is 207 Å². The number of amides is 1. The van der Waals surface area contributed by atoms with Crippen LogP contribution in [0, 0.1) is 0 Å². The van der Waals surface area contributed by atoms with Gasteiger partial charge in [0.25, 0.3) is 5.91 Å². The van der Waals surface area contributed by atoms with Crippen molar-refractivity contribution < 1.29 is 27.1 Å². The maximum absolute atomic E-state index is 12.6. The van der Waals surface area contributed by atoms with Crippen LogP contribution in [0.15, 0.2) is 70.3 Å². The molecule has 4 aromatic rings. The number of hydrogen-bond donors (Lipinski definition) is 3. The number of benzene rings is 2. The summed E-state index contributed by atoms with van der Waals surface area (Å²) in [5.41, 5.74) is 1.43. The molecule has 0 spiro atoms. The highest BCUT2D eigenvalue weighted by atomic mass is 32.2. The van der Waals surface area contributed by atoms with Gasteiger partial charge in [0.2, 0.25) is 11.8 Å². The van der Waals surface area contributed by atoms with Crippen molar-refractivity contribution in [2.24, 2.45) is 0 Å². The number of carbonyl (C=O) groups is 1. The first kappa shape index (κ1) is 25.1. The van der Waals surface area contributed by atoms with Crippen LogP contribution < -0.4 is 20.7 Å². The molecule has 0 fully saturated rings. The van der Waals surface area contributed by atoms with Gasteiger partial charge in [0, 0.05) is 50.1 Å². The Kier molecular flexibility index (Phi) is 7.78. The lowest BCUT2D eigenvalue weighted by molar-refractivity contribution is 0.0964. The van der Waals surface area contributed by atoms with E-state index >= 15 is 0 Å². The minimum Gasteiger partial charge on any atom is -0.463 e. The molecule has 0 atom stereocenters. The lowest BCUT2D eigenvalue weighted by Crippen LogP contribution is -2.26. The molecule has 11 nitrogen and oxygen atoms in total. The molecule has 0 aliphatic rings. The molecule has 0 unspecified atom stereocenters. The van der Waals surface area contributed by atoms with E-state index in [1.807, 2.05) is 0 Å². The van der Waals surface area contributed by atoms with Gasteiger partial charge in [-0.3, -0.25) is 4.79 Å². The summed E-state index contributed by atoms with van der Waals surface area (Å²) in [6.07, 6.45) is 2.91. The monoisotopic (exact) mass is 511 g/mol. The number of anilines is 2. The SMILES string of the molecule is CNC(=O)c1coc2cc(Oc3ccnc(Nc4cccc(S(=O)(=O)CNCCOC)c4)n3)ccc12. The third kappa shape index (κ3) is 5.97. The predicted octanol–water partition coefficient (Wildman–Crippen LogP) is 3.09. The van der Waals surface area contributed by atoms with Crippen molar-refractivity contribution in [1.82, 2.24) is 20.6 Å². The zero-order valence-electron chi connectivity index (χ0n) is 19.6. The van der Waals surface area contributed by atoms with Gasteiger partial charge in [0.05, 0.1) is 17.1 Å². The number of hydrogen-bond acceptors (Lipinski definition) is 10. The predicted molar refractivity (Wildman–Crippen MR) is 133 cm³/mol. The Balaban J connectivity index is 1.46. The van der Waals surface area contributed by atoms with Crippen molar-refractivity contribution in [2.45, 2.75) is 4.90 Å². The summed E-state index contributed by atoms with van der Waals surface area (Å²) in [7, 11) is -0.431. The summed E-state index contributed by atoms with van der Waals surface area (Å²) < 4.78 is 41.4. The Bertz CT molecular complexity index is 1470. The Hall–Kier alpha value is -4.00. The number of nitrogens with zero attached hydrogens (tertiary/aromatic N) is 2. The Morgan fingerprint density at radius 2 is 2.00 bits per heavy atom. The second kappa shape index (κ2) is 11.2. The van der Waals surface area contributed by atoms with Gasteiger partial charge in [0.15, 0.2) is 9.84 Å². The zero-order chi connectivity index (χ0) is 25.5. The van der Waals surface area contributed by atoms with Crippen LogP contribution in [0.3, 0.4) is 0 Å². The summed E-state index contributed by atoms with van der Waals surface area (Å²) in [4.78, 5) is 20.6. The van der Waals surface area contributed by atoms with Crippen LogP contribution in [0.5, 0.6) is 11.6 Å². The van der Waals surface area contributed by atoms with Crippen LogP contribution in [0.1, 0.15) is 10.4 Å². The first-order chi connectivity index (χ1) is 17.4. The lowest BCUT2D eigenvalue weighted by Gasteiger charge is -2.10. The molecular weight excluding hydrogens is 486 g/mol. The van der Waals surface area contributed by atoms with Crippen LogP contribution in [-0.2, 0) is 14.6 Å². The van der Waals surface area contributed by atoms with Gasteiger partial charge in [-0.1, -0.05) is 6.07 Å². The topological polar surface area (TPSA) is 145 Å². The largest absolute Gasteiger partial charge is 0.463 e. The fourth-order valence-electron chi connectivity index (χ4n) is 3.32.